The van der Waals surface area contributed by atoms with E-state index in [-0.39, 0.29) is 17.6 Å². The van der Waals surface area contributed by atoms with E-state index < -0.39 is 0 Å². The molecule has 2 aromatic rings. The highest BCUT2D eigenvalue weighted by Crippen LogP contribution is 2.22. The molecule has 24 heavy (non-hydrogen) atoms. The summed E-state index contributed by atoms with van der Waals surface area (Å²) >= 11 is 0. The SMILES string of the molecule is Cc1nc(C(C)C)oc1C(=O)Nc1cccc(N2CCOCC2)c1. The second-order valence-corrected chi connectivity index (χ2v) is 6.23. The number of aryl methyl sites for hydroxylation is 1. The van der Waals surface area contributed by atoms with Crippen LogP contribution in [0.4, 0.5) is 11.4 Å². The standard InChI is InChI=1S/C18H23N3O3/c1-12(2)18-19-13(3)16(24-18)17(22)20-14-5-4-6-15(11-14)21-7-9-23-10-8-21/h4-6,11-12H,7-10H2,1-3H3,(H,20,22). The molecule has 3 rings (SSSR count). The van der Waals surface area contributed by atoms with Crippen molar-refractivity contribution in [2.45, 2.75) is 26.7 Å². The van der Waals surface area contributed by atoms with Crippen LogP contribution in [0.1, 0.15) is 41.9 Å². The molecule has 1 fully saturated rings. The van der Waals surface area contributed by atoms with Crippen LogP contribution in [0.25, 0.3) is 0 Å². The molecule has 0 bridgehead atoms. The van der Waals surface area contributed by atoms with E-state index in [1.807, 2.05) is 38.1 Å². The van der Waals surface area contributed by atoms with Crippen LogP contribution in [0.2, 0.25) is 0 Å². The van der Waals surface area contributed by atoms with Crippen molar-refractivity contribution in [3.63, 3.8) is 0 Å². The minimum Gasteiger partial charge on any atom is -0.435 e. The molecular weight excluding hydrogens is 306 g/mol. The van der Waals surface area contributed by atoms with E-state index in [1.165, 1.54) is 0 Å². The van der Waals surface area contributed by atoms with Gasteiger partial charge in [-0.25, -0.2) is 4.98 Å². The number of nitrogens with zero attached hydrogens (tertiary/aromatic N) is 2. The second-order valence-electron chi connectivity index (χ2n) is 6.23. The molecule has 0 radical (unpaired) electrons. The number of anilines is 2. The summed E-state index contributed by atoms with van der Waals surface area (Å²) in [5.41, 5.74) is 2.43. The molecule has 1 aromatic heterocycles. The molecule has 6 heteroatoms. The highest BCUT2D eigenvalue weighted by Gasteiger charge is 2.19. The summed E-state index contributed by atoms with van der Waals surface area (Å²) in [5.74, 6) is 0.733. The van der Waals surface area contributed by atoms with Gasteiger partial charge in [-0.3, -0.25) is 4.79 Å². The molecule has 1 aromatic carbocycles. The average Bonchev–Trinajstić information content (AvgIpc) is 2.98. The smallest absolute Gasteiger partial charge is 0.293 e. The normalized spacial score (nSPS) is 14.9. The molecule has 1 saturated heterocycles. The number of rotatable bonds is 4. The first-order valence-electron chi connectivity index (χ1n) is 8.26. The van der Waals surface area contributed by atoms with Crippen LogP contribution >= 0.6 is 0 Å². The van der Waals surface area contributed by atoms with Crippen LogP contribution in [0, 0.1) is 6.92 Å². The van der Waals surface area contributed by atoms with E-state index in [0.29, 0.717) is 11.6 Å². The molecule has 2 heterocycles. The number of carbonyl (C=O) groups excluding carboxylic acids is 1. The van der Waals surface area contributed by atoms with Gasteiger partial charge >= 0.3 is 0 Å². The average molecular weight is 329 g/mol. The zero-order valence-corrected chi connectivity index (χ0v) is 14.3. The zero-order valence-electron chi connectivity index (χ0n) is 14.3. The molecule has 1 N–H and O–H groups in total. The number of hydrogen-bond acceptors (Lipinski definition) is 5. The van der Waals surface area contributed by atoms with Crippen LogP contribution < -0.4 is 10.2 Å². The van der Waals surface area contributed by atoms with Gasteiger partial charge in [-0.15, -0.1) is 0 Å². The fraction of sp³-hybridized carbons (Fsp3) is 0.444. The van der Waals surface area contributed by atoms with Crippen molar-refractivity contribution >= 4 is 17.3 Å². The summed E-state index contributed by atoms with van der Waals surface area (Å²) in [5, 5.41) is 2.90. The molecule has 0 spiro atoms. The molecule has 0 atom stereocenters. The minimum atomic E-state index is -0.272. The lowest BCUT2D eigenvalue weighted by Gasteiger charge is -2.29. The fourth-order valence-electron chi connectivity index (χ4n) is 2.66. The van der Waals surface area contributed by atoms with Crippen LogP contribution in [0.3, 0.4) is 0 Å². The van der Waals surface area contributed by atoms with Crippen molar-refractivity contribution in [1.29, 1.82) is 0 Å². The largest absolute Gasteiger partial charge is 0.435 e. The number of ether oxygens (including phenoxy) is 1. The number of carbonyl (C=O) groups is 1. The summed E-state index contributed by atoms with van der Waals surface area (Å²) in [4.78, 5) is 19.0. The fourth-order valence-corrected chi connectivity index (χ4v) is 2.66. The number of morpholine rings is 1. The van der Waals surface area contributed by atoms with E-state index in [2.05, 4.69) is 15.2 Å². The molecule has 1 aliphatic rings. The molecule has 1 amide bonds. The lowest BCUT2D eigenvalue weighted by atomic mass is 10.2. The first-order chi connectivity index (χ1) is 11.5. The van der Waals surface area contributed by atoms with Gasteiger partial charge in [-0.05, 0) is 25.1 Å². The lowest BCUT2D eigenvalue weighted by Crippen LogP contribution is -2.36. The van der Waals surface area contributed by atoms with E-state index in [1.54, 1.807) is 6.92 Å². The topological polar surface area (TPSA) is 67.6 Å². The van der Waals surface area contributed by atoms with E-state index in [0.717, 1.165) is 37.7 Å². The van der Waals surface area contributed by atoms with Crippen LogP contribution in [-0.2, 0) is 4.74 Å². The predicted octanol–water partition coefficient (Wildman–Crippen LogP) is 3.20. The maximum atomic E-state index is 12.5. The quantitative estimate of drug-likeness (QED) is 0.933. The number of oxazole rings is 1. The Kier molecular flexibility index (Phi) is 4.85. The van der Waals surface area contributed by atoms with Crippen molar-refractivity contribution in [3.05, 3.63) is 41.6 Å². The third kappa shape index (κ3) is 3.59. The molecule has 0 saturated carbocycles. The van der Waals surface area contributed by atoms with Crippen molar-refractivity contribution < 1.29 is 13.9 Å². The summed E-state index contributed by atoms with van der Waals surface area (Å²) in [6.07, 6.45) is 0. The van der Waals surface area contributed by atoms with Crippen LogP contribution in [-0.4, -0.2) is 37.2 Å². The molecule has 6 nitrogen and oxygen atoms in total. The van der Waals surface area contributed by atoms with Gasteiger partial charge in [-0.2, -0.15) is 0 Å². The Bertz CT molecular complexity index is 718. The molecular formula is C18H23N3O3. The third-order valence-electron chi connectivity index (χ3n) is 3.99. The van der Waals surface area contributed by atoms with Gasteiger partial charge in [0, 0.05) is 30.4 Å². The number of nitrogens with one attached hydrogen (secondary N) is 1. The van der Waals surface area contributed by atoms with E-state index in [9.17, 15) is 4.79 Å². The van der Waals surface area contributed by atoms with Gasteiger partial charge < -0.3 is 19.4 Å². The van der Waals surface area contributed by atoms with Gasteiger partial charge in [0.25, 0.3) is 5.91 Å². The first-order valence-corrected chi connectivity index (χ1v) is 8.26. The van der Waals surface area contributed by atoms with Gasteiger partial charge in [0.05, 0.1) is 18.9 Å². The summed E-state index contributed by atoms with van der Waals surface area (Å²) < 4.78 is 11.0. The molecule has 128 valence electrons. The Balaban J connectivity index is 1.74. The number of aromatic nitrogens is 1. The van der Waals surface area contributed by atoms with Crippen molar-refractivity contribution in [1.82, 2.24) is 4.98 Å². The van der Waals surface area contributed by atoms with Gasteiger partial charge in [0.2, 0.25) is 5.76 Å². The predicted molar refractivity (Wildman–Crippen MR) is 92.8 cm³/mol. The summed E-state index contributed by atoms with van der Waals surface area (Å²) in [6.45, 7) is 8.93. The second kappa shape index (κ2) is 7.05. The summed E-state index contributed by atoms with van der Waals surface area (Å²) in [7, 11) is 0. The maximum absolute atomic E-state index is 12.5. The molecule has 1 aliphatic heterocycles. The Hall–Kier alpha value is -2.34. The Morgan fingerprint density at radius 2 is 2.04 bits per heavy atom. The highest BCUT2D eigenvalue weighted by atomic mass is 16.5. The third-order valence-corrected chi connectivity index (χ3v) is 3.99. The molecule has 0 aliphatic carbocycles. The maximum Gasteiger partial charge on any atom is 0.293 e. The van der Waals surface area contributed by atoms with Gasteiger partial charge in [0.1, 0.15) is 0 Å². The monoisotopic (exact) mass is 329 g/mol. The number of hydrogen-bond donors (Lipinski definition) is 1. The van der Waals surface area contributed by atoms with Gasteiger partial charge in [-0.1, -0.05) is 19.9 Å². The Morgan fingerprint density at radius 1 is 1.29 bits per heavy atom. The zero-order chi connectivity index (χ0) is 17.1. The summed E-state index contributed by atoms with van der Waals surface area (Å²) in [6, 6.07) is 7.82. The minimum absolute atomic E-state index is 0.148. The van der Waals surface area contributed by atoms with Crippen LogP contribution in [0.15, 0.2) is 28.7 Å². The lowest BCUT2D eigenvalue weighted by molar-refractivity contribution is 0.0993. The Labute approximate surface area is 141 Å². The van der Waals surface area contributed by atoms with Gasteiger partial charge in [0.15, 0.2) is 5.89 Å². The number of amides is 1. The van der Waals surface area contributed by atoms with Crippen molar-refractivity contribution in [3.8, 4) is 0 Å². The first kappa shape index (κ1) is 16.5. The molecule has 0 unspecified atom stereocenters. The van der Waals surface area contributed by atoms with Crippen LogP contribution in [0.5, 0.6) is 0 Å². The Morgan fingerprint density at radius 3 is 2.71 bits per heavy atom. The van der Waals surface area contributed by atoms with E-state index in [4.69, 9.17) is 9.15 Å². The highest BCUT2D eigenvalue weighted by molar-refractivity contribution is 6.03. The number of benzene rings is 1. The van der Waals surface area contributed by atoms with Crippen molar-refractivity contribution in [2.24, 2.45) is 0 Å². The van der Waals surface area contributed by atoms with E-state index >= 15 is 0 Å². The van der Waals surface area contributed by atoms with Crippen molar-refractivity contribution in [2.75, 3.05) is 36.5 Å².